The number of pyridine rings is 1. The number of hydrogen-bond donors (Lipinski definition) is 3. The van der Waals surface area contributed by atoms with Crippen LogP contribution >= 0.6 is 0 Å². The van der Waals surface area contributed by atoms with E-state index >= 15 is 0 Å². The molecule has 250 valence electrons. The van der Waals surface area contributed by atoms with Gasteiger partial charge in [0.1, 0.15) is 18.2 Å². The summed E-state index contributed by atoms with van der Waals surface area (Å²) in [4.78, 5) is 24.7. The largest absolute Gasteiger partial charge is 0.475 e. The molecule has 0 aromatic carbocycles. The van der Waals surface area contributed by atoms with Gasteiger partial charge in [0.15, 0.2) is 5.82 Å². The van der Waals surface area contributed by atoms with Gasteiger partial charge in [-0.25, -0.2) is 33.3 Å². The number of hydrogen-bond acceptors (Lipinski definition) is 13. The topological polar surface area (TPSA) is 173 Å². The van der Waals surface area contributed by atoms with E-state index in [4.69, 9.17) is 4.74 Å². The van der Waals surface area contributed by atoms with Crippen molar-refractivity contribution in [3.8, 4) is 28.5 Å². The second-order valence-electron chi connectivity index (χ2n) is 13.1. The van der Waals surface area contributed by atoms with Crippen molar-refractivity contribution < 1.29 is 18.3 Å². The Morgan fingerprint density at radius 1 is 1.00 bits per heavy atom. The highest BCUT2D eigenvalue weighted by Crippen LogP contribution is 2.36. The lowest BCUT2D eigenvalue weighted by Gasteiger charge is -2.36. The molecule has 4 aromatic rings. The van der Waals surface area contributed by atoms with Crippen molar-refractivity contribution in [1.29, 1.82) is 0 Å². The van der Waals surface area contributed by atoms with Gasteiger partial charge in [0.05, 0.1) is 46.9 Å². The molecule has 4 aromatic heterocycles. The number of aromatic nitrogens is 7. The molecule has 0 atom stereocenters. The summed E-state index contributed by atoms with van der Waals surface area (Å²) < 4.78 is 31.9. The zero-order valence-corrected chi connectivity index (χ0v) is 28.0. The molecule has 0 spiro atoms. The van der Waals surface area contributed by atoms with Crippen molar-refractivity contribution in [1.82, 2.24) is 39.0 Å². The highest BCUT2D eigenvalue weighted by atomic mass is 32.2. The standard InChI is InChI=1S/C32H42N10O4S/c1-32(2,43)22-5-7-23(8-6-22)38-26-15-29(35-17-25(26)27-18-36-30(19-34-27)46-14-13-41(3)4)39-28-11-12-33-31(40-28)21-16-37-42(20-21)47(44,45)24-9-10-24/h11-12,15-20,22-24,43H,5-10,13-14H2,1-4H3,(H2,33,35,38,39,40). The van der Waals surface area contributed by atoms with E-state index < -0.39 is 15.6 Å². The van der Waals surface area contributed by atoms with Gasteiger partial charge in [-0.15, -0.1) is 0 Å². The lowest BCUT2D eigenvalue weighted by atomic mass is 9.77. The van der Waals surface area contributed by atoms with E-state index in [-0.39, 0.29) is 17.2 Å². The van der Waals surface area contributed by atoms with Crippen molar-refractivity contribution in [2.45, 2.75) is 69.3 Å². The summed E-state index contributed by atoms with van der Waals surface area (Å²) in [5.74, 6) is 2.09. The Hall–Kier alpha value is -4.21. The molecule has 0 amide bonds. The second kappa shape index (κ2) is 13.5. The quantitative estimate of drug-likeness (QED) is 0.188. The molecular formula is C32H42N10O4S. The van der Waals surface area contributed by atoms with Gasteiger partial charge in [-0.2, -0.15) is 9.19 Å². The van der Waals surface area contributed by atoms with Crippen LogP contribution in [-0.4, -0.2) is 96.7 Å². The molecule has 47 heavy (non-hydrogen) atoms. The van der Waals surface area contributed by atoms with Crippen molar-refractivity contribution >= 4 is 27.3 Å². The second-order valence-corrected chi connectivity index (χ2v) is 15.2. The van der Waals surface area contributed by atoms with Gasteiger partial charge >= 0.3 is 0 Å². The van der Waals surface area contributed by atoms with Crippen LogP contribution in [0.3, 0.4) is 0 Å². The molecular weight excluding hydrogens is 620 g/mol. The Bertz CT molecular complexity index is 1780. The lowest BCUT2D eigenvalue weighted by Crippen LogP contribution is -2.37. The predicted octanol–water partition coefficient (Wildman–Crippen LogP) is 3.96. The number of rotatable bonds is 13. The van der Waals surface area contributed by atoms with Gasteiger partial charge in [0, 0.05) is 42.3 Å². The molecule has 15 heteroatoms. The molecule has 0 aliphatic heterocycles. The maximum Gasteiger partial charge on any atom is 0.256 e. The molecule has 2 aliphatic carbocycles. The highest BCUT2D eigenvalue weighted by Gasteiger charge is 2.38. The van der Waals surface area contributed by atoms with Gasteiger partial charge in [-0.1, -0.05) is 0 Å². The van der Waals surface area contributed by atoms with Crippen LogP contribution in [0.2, 0.25) is 0 Å². The SMILES string of the molecule is CN(C)CCOc1cnc(-c2cnc(Nc3ccnc(-c4cnn(S(=O)(=O)C5CC5)c4)n3)cc2NC2CCC(C(C)(C)O)CC2)cn1. The fourth-order valence-electron chi connectivity index (χ4n) is 5.65. The van der Waals surface area contributed by atoms with Crippen LogP contribution in [-0.2, 0) is 10.0 Å². The molecule has 14 nitrogen and oxygen atoms in total. The number of nitrogens with one attached hydrogen (secondary N) is 2. The average molecular weight is 663 g/mol. The summed E-state index contributed by atoms with van der Waals surface area (Å²) >= 11 is 0. The van der Waals surface area contributed by atoms with Crippen LogP contribution in [0.25, 0.3) is 22.6 Å². The van der Waals surface area contributed by atoms with E-state index in [9.17, 15) is 13.5 Å². The molecule has 2 aliphatic rings. The first-order valence-electron chi connectivity index (χ1n) is 15.9. The van der Waals surface area contributed by atoms with Crippen LogP contribution in [0, 0.1) is 5.92 Å². The van der Waals surface area contributed by atoms with E-state index in [1.807, 2.05) is 38.9 Å². The highest BCUT2D eigenvalue weighted by molar-refractivity contribution is 7.90. The average Bonchev–Trinajstić information content (AvgIpc) is 3.78. The molecule has 0 saturated heterocycles. The monoisotopic (exact) mass is 662 g/mol. The van der Waals surface area contributed by atoms with Gasteiger partial charge in [0.25, 0.3) is 10.0 Å². The van der Waals surface area contributed by atoms with Crippen LogP contribution in [0.15, 0.2) is 49.3 Å². The molecule has 0 radical (unpaired) electrons. The Morgan fingerprint density at radius 2 is 1.79 bits per heavy atom. The summed E-state index contributed by atoms with van der Waals surface area (Å²) in [6.07, 6.45) is 14.6. The minimum absolute atomic E-state index is 0.207. The van der Waals surface area contributed by atoms with Crippen molar-refractivity contribution in [3.63, 3.8) is 0 Å². The zero-order chi connectivity index (χ0) is 33.2. The van der Waals surface area contributed by atoms with Gasteiger partial charge in [0.2, 0.25) is 5.88 Å². The first-order valence-corrected chi connectivity index (χ1v) is 17.4. The van der Waals surface area contributed by atoms with E-state index in [0.29, 0.717) is 54.0 Å². The van der Waals surface area contributed by atoms with Crippen LogP contribution in [0.4, 0.5) is 17.3 Å². The van der Waals surface area contributed by atoms with E-state index in [0.717, 1.165) is 47.6 Å². The number of likely N-dealkylation sites (N-methyl/N-ethyl adjacent to an activating group) is 1. The van der Waals surface area contributed by atoms with Gasteiger partial charge in [-0.05, 0) is 78.5 Å². The van der Waals surface area contributed by atoms with E-state index in [2.05, 4.69) is 40.7 Å². The molecule has 3 N–H and O–H groups in total. The summed E-state index contributed by atoms with van der Waals surface area (Å²) in [5, 5.41) is 21.2. The number of nitrogens with zero attached hydrogens (tertiary/aromatic N) is 8. The Morgan fingerprint density at radius 3 is 2.47 bits per heavy atom. The summed E-state index contributed by atoms with van der Waals surface area (Å²) in [7, 11) is 0.480. The van der Waals surface area contributed by atoms with E-state index in [1.54, 1.807) is 30.9 Å². The van der Waals surface area contributed by atoms with Crippen LogP contribution < -0.4 is 15.4 Å². The van der Waals surface area contributed by atoms with Crippen LogP contribution in [0.5, 0.6) is 5.88 Å². The molecule has 2 fully saturated rings. The third-order valence-electron chi connectivity index (χ3n) is 8.62. The molecule has 2 saturated carbocycles. The molecule has 0 unspecified atom stereocenters. The molecule has 0 bridgehead atoms. The lowest BCUT2D eigenvalue weighted by molar-refractivity contribution is -0.000392. The minimum Gasteiger partial charge on any atom is -0.475 e. The smallest absolute Gasteiger partial charge is 0.256 e. The number of ether oxygens (including phenoxy) is 1. The first-order chi connectivity index (χ1) is 22.5. The van der Waals surface area contributed by atoms with Crippen molar-refractivity contribution in [3.05, 3.63) is 49.3 Å². The third-order valence-corrected chi connectivity index (χ3v) is 10.7. The zero-order valence-electron chi connectivity index (χ0n) is 27.2. The van der Waals surface area contributed by atoms with Crippen molar-refractivity contribution in [2.24, 2.45) is 5.92 Å². The minimum atomic E-state index is -3.49. The fraction of sp³-hybridized carbons (Fsp3) is 0.500. The van der Waals surface area contributed by atoms with E-state index in [1.165, 1.54) is 12.4 Å². The third kappa shape index (κ3) is 8.03. The van der Waals surface area contributed by atoms with Gasteiger partial charge in [-0.3, -0.25) is 0 Å². The summed E-state index contributed by atoms with van der Waals surface area (Å²) in [5.41, 5.74) is 2.08. The number of aliphatic hydroxyl groups is 1. The maximum absolute atomic E-state index is 12.6. The molecule has 4 heterocycles. The normalized spacial score (nSPS) is 18.7. The Labute approximate surface area is 275 Å². The Kier molecular flexibility index (Phi) is 9.39. The summed E-state index contributed by atoms with van der Waals surface area (Å²) in [6.45, 7) is 5.05. The van der Waals surface area contributed by atoms with Crippen molar-refractivity contribution in [2.75, 3.05) is 37.9 Å². The fourth-order valence-corrected chi connectivity index (χ4v) is 7.13. The predicted molar refractivity (Wildman–Crippen MR) is 179 cm³/mol. The molecule has 6 rings (SSSR count). The Balaban J connectivity index is 1.22. The van der Waals surface area contributed by atoms with Crippen LogP contribution in [0.1, 0.15) is 52.4 Å². The number of anilines is 3. The summed E-state index contributed by atoms with van der Waals surface area (Å²) in [6, 6.07) is 3.84. The first kappa shape index (κ1) is 32.7. The van der Waals surface area contributed by atoms with Gasteiger partial charge < -0.3 is 25.4 Å². The maximum atomic E-state index is 12.6.